The van der Waals surface area contributed by atoms with Crippen LogP contribution < -0.4 is 16.4 Å². The molecule has 4 aromatic rings. The number of aromatic nitrogens is 5. The van der Waals surface area contributed by atoms with Gasteiger partial charge in [-0.05, 0) is 45.0 Å². The van der Waals surface area contributed by atoms with Crippen molar-refractivity contribution in [1.29, 1.82) is 0 Å². The van der Waals surface area contributed by atoms with Gasteiger partial charge in [0.2, 0.25) is 15.8 Å². The first-order chi connectivity index (χ1) is 14.6. The standard InChI is InChI=1S/C20H22N6O4S/c1-5-6-11-24-18(27)16-17(23(4)20(24)28)22-19-25(12(2)13(3)26(16)19)14-7-9-15(10-8-14)31(21,29)30/h5-10H,11H2,1-4H3,(H2,21,29,30). The quantitative estimate of drug-likeness (QED) is 0.472. The molecule has 0 aliphatic rings. The van der Waals surface area contributed by atoms with Crippen LogP contribution in [0.3, 0.4) is 0 Å². The first-order valence-corrected chi connectivity index (χ1v) is 11.1. The van der Waals surface area contributed by atoms with Gasteiger partial charge in [-0.25, -0.2) is 18.4 Å². The molecule has 3 aromatic heterocycles. The third-order valence-corrected chi connectivity index (χ3v) is 6.40. The number of sulfonamides is 1. The van der Waals surface area contributed by atoms with E-state index in [0.717, 1.165) is 11.4 Å². The van der Waals surface area contributed by atoms with Crippen molar-refractivity contribution in [1.82, 2.24) is 23.1 Å². The molecule has 4 rings (SSSR count). The predicted molar refractivity (Wildman–Crippen MR) is 117 cm³/mol. The van der Waals surface area contributed by atoms with Crippen molar-refractivity contribution in [3.8, 4) is 5.69 Å². The van der Waals surface area contributed by atoms with Crippen LogP contribution in [0.1, 0.15) is 18.3 Å². The van der Waals surface area contributed by atoms with Gasteiger partial charge in [0.05, 0.1) is 4.90 Å². The van der Waals surface area contributed by atoms with Crippen LogP contribution in [0.5, 0.6) is 0 Å². The summed E-state index contributed by atoms with van der Waals surface area (Å²) in [6.07, 6.45) is 3.52. The molecular weight excluding hydrogens is 420 g/mol. The number of rotatable bonds is 4. The molecule has 3 heterocycles. The van der Waals surface area contributed by atoms with Gasteiger partial charge in [0.1, 0.15) is 0 Å². The van der Waals surface area contributed by atoms with E-state index in [1.165, 1.54) is 21.3 Å². The van der Waals surface area contributed by atoms with Crippen LogP contribution in [0.2, 0.25) is 0 Å². The average Bonchev–Trinajstić information content (AvgIpc) is 3.22. The maximum Gasteiger partial charge on any atom is 0.332 e. The zero-order valence-corrected chi connectivity index (χ0v) is 18.3. The SMILES string of the molecule is CC=CCn1c(=O)c2c(nc3n(-c4ccc(S(N)(=O)=O)cc4)c(C)c(C)n23)n(C)c1=O. The molecule has 0 atom stereocenters. The van der Waals surface area contributed by atoms with E-state index in [4.69, 9.17) is 5.14 Å². The van der Waals surface area contributed by atoms with Crippen molar-refractivity contribution in [2.75, 3.05) is 0 Å². The van der Waals surface area contributed by atoms with Gasteiger partial charge >= 0.3 is 5.69 Å². The summed E-state index contributed by atoms with van der Waals surface area (Å²) in [6, 6.07) is 6.07. The van der Waals surface area contributed by atoms with Gasteiger partial charge in [0, 0.05) is 30.7 Å². The first-order valence-electron chi connectivity index (χ1n) is 9.52. The number of fused-ring (bicyclic) bond motifs is 3. The Bertz CT molecular complexity index is 1600. The second-order valence-corrected chi connectivity index (χ2v) is 8.85. The minimum Gasteiger partial charge on any atom is -0.283 e. The molecular formula is C20H22N6O4S. The number of primary sulfonamides is 1. The van der Waals surface area contributed by atoms with Crippen LogP contribution in [0.4, 0.5) is 0 Å². The monoisotopic (exact) mass is 442 g/mol. The second-order valence-electron chi connectivity index (χ2n) is 7.29. The molecule has 0 spiro atoms. The fourth-order valence-corrected chi connectivity index (χ4v) is 4.23. The summed E-state index contributed by atoms with van der Waals surface area (Å²) < 4.78 is 29.2. The molecule has 0 saturated heterocycles. The van der Waals surface area contributed by atoms with E-state index < -0.39 is 21.3 Å². The maximum absolute atomic E-state index is 13.2. The largest absolute Gasteiger partial charge is 0.332 e. The fraction of sp³-hybridized carbons (Fsp3) is 0.250. The third-order valence-electron chi connectivity index (χ3n) is 5.47. The van der Waals surface area contributed by atoms with Gasteiger partial charge < -0.3 is 0 Å². The summed E-state index contributed by atoms with van der Waals surface area (Å²) in [5.74, 6) is 0.448. The van der Waals surface area contributed by atoms with E-state index in [9.17, 15) is 18.0 Å². The number of aryl methyl sites for hydroxylation is 2. The smallest absolute Gasteiger partial charge is 0.283 e. The Morgan fingerprint density at radius 2 is 1.74 bits per heavy atom. The summed E-state index contributed by atoms with van der Waals surface area (Å²) in [6.45, 7) is 5.72. The number of nitrogens with zero attached hydrogens (tertiary/aromatic N) is 5. The Balaban J connectivity index is 2.09. The highest BCUT2D eigenvalue weighted by Gasteiger charge is 2.23. The van der Waals surface area contributed by atoms with Gasteiger partial charge in [0.25, 0.3) is 5.56 Å². The summed E-state index contributed by atoms with van der Waals surface area (Å²) in [5.41, 5.74) is 1.96. The zero-order chi connectivity index (χ0) is 22.7. The number of benzene rings is 1. The lowest BCUT2D eigenvalue weighted by atomic mass is 10.3. The van der Waals surface area contributed by atoms with Crippen molar-refractivity contribution in [2.45, 2.75) is 32.2 Å². The summed E-state index contributed by atoms with van der Waals surface area (Å²) in [5, 5.41) is 5.19. The molecule has 11 heteroatoms. The highest BCUT2D eigenvalue weighted by atomic mass is 32.2. The van der Waals surface area contributed by atoms with E-state index in [1.54, 1.807) is 35.7 Å². The van der Waals surface area contributed by atoms with Crippen molar-refractivity contribution in [2.24, 2.45) is 12.2 Å². The molecule has 0 fully saturated rings. The van der Waals surface area contributed by atoms with Crippen molar-refractivity contribution in [3.05, 3.63) is 68.6 Å². The number of nitrogens with two attached hydrogens (primary N) is 1. The number of hydrogen-bond acceptors (Lipinski definition) is 5. The number of hydrogen-bond donors (Lipinski definition) is 1. The Morgan fingerprint density at radius 3 is 2.32 bits per heavy atom. The Kier molecular flexibility index (Phi) is 4.74. The number of imidazole rings is 2. The molecule has 2 N–H and O–H groups in total. The molecule has 162 valence electrons. The van der Waals surface area contributed by atoms with Crippen LogP contribution in [0.15, 0.2) is 50.9 Å². The normalized spacial score (nSPS) is 12.5. The predicted octanol–water partition coefficient (Wildman–Crippen LogP) is 0.979. The molecule has 0 saturated carbocycles. The van der Waals surface area contributed by atoms with Crippen LogP contribution in [-0.4, -0.2) is 31.5 Å². The molecule has 0 aliphatic carbocycles. The Hall–Kier alpha value is -3.44. The van der Waals surface area contributed by atoms with E-state index in [-0.39, 0.29) is 17.1 Å². The van der Waals surface area contributed by atoms with E-state index in [0.29, 0.717) is 17.0 Å². The van der Waals surface area contributed by atoms with Crippen LogP contribution in [-0.2, 0) is 23.6 Å². The minimum absolute atomic E-state index is 0.00318. The third kappa shape index (κ3) is 3.04. The molecule has 0 aliphatic heterocycles. The van der Waals surface area contributed by atoms with E-state index in [1.807, 2.05) is 25.3 Å². The summed E-state index contributed by atoms with van der Waals surface area (Å²) in [7, 11) is -2.24. The highest BCUT2D eigenvalue weighted by Crippen LogP contribution is 2.25. The first kappa shape index (κ1) is 20.8. The lowest BCUT2D eigenvalue weighted by Gasteiger charge is -2.08. The van der Waals surface area contributed by atoms with Gasteiger partial charge in [-0.15, -0.1) is 0 Å². The molecule has 0 bridgehead atoms. The van der Waals surface area contributed by atoms with Crippen molar-refractivity contribution >= 4 is 27.0 Å². The summed E-state index contributed by atoms with van der Waals surface area (Å²) in [4.78, 5) is 30.5. The van der Waals surface area contributed by atoms with Gasteiger partial charge in [0.15, 0.2) is 11.2 Å². The van der Waals surface area contributed by atoms with Crippen LogP contribution >= 0.6 is 0 Å². The molecule has 1 aromatic carbocycles. The number of allylic oxidation sites excluding steroid dienone is 2. The van der Waals surface area contributed by atoms with Crippen molar-refractivity contribution < 1.29 is 8.42 Å². The second kappa shape index (κ2) is 7.06. The lowest BCUT2D eigenvalue weighted by molar-refractivity contribution is 0.598. The Morgan fingerprint density at radius 1 is 1.10 bits per heavy atom. The lowest BCUT2D eigenvalue weighted by Crippen LogP contribution is -2.39. The maximum atomic E-state index is 13.2. The summed E-state index contributed by atoms with van der Waals surface area (Å²) >= 11 is 0. The Labute approximate surface area is 177 Å². The van der Waals surface area contributed by atoms with E-state index in [2.05, 4.69) is 4.98 Å². The van der Waals surface area contributed by atoms with E-state index >= 15 is 0 Å². The van der Waals surface area contributed by atoms with Gasteiger partial charge in [-0.3, -0.25) is 22.9 Å². The van der Waals surface area contributed by atoms with Crippen LogP contribution in [0.25, 0.3) is 22.6 Å². The molecule has 0 amide bonds. The van der Waals surface area contributed by atoms with Gasteiger partial charge in [-0.1, -0.05) is 12.2 Å². The van der Waals surface area contributed by atoms with Crippen molar-refractivity contribution in [3.63, 3.8) is 0 Å². The molecule has 10 nitrogen and oxygen atoms in total. The zero-order valence-electron chi connectivity index (χ0n) is 17.5. The highest BCUT2D eigenvalue weighted by molar-refractivity contribution is 7.89. The molecule has 31 heavy (non-hydrogen) atoms. The topological polar surface area (TPSA) is 126 Å². The van der Waals surface area contributed by atoms with Crippen LogP contribution in [0, 0.1) is 13.8 Å². The average molecular weight is 443 g/mol. The fourth-order valence-electron chi connectivity index (χ4n) is 3.72. The minimum atomic E-state index is -3.82. The van der Waals surface area contributed by atoms with Gasteiger partial charge in [-0.2, -0.15) is 4.98 Å². The molecule has 0 unspecified atom stereocenters. The molecule has 0 radical (unpaired) electrons.